The normalized spacial score (nSPS) is 23.2. The summed E-state index contributed by atoms with van der Waals surface area (Å²) in [5.74, 6) is 0. The highest BCUT2D eigenvalue weighted by atomic mass is 15.3. The molecule has 1 heterocycles. The van der Waals surface area contributed by atoms with Gasteiger partial charge in [-0.3, -0.25) is 4.90 Å². The van der Waals surface area contributed by atoms with E-state index in [0.29, 0.717) is 5.54 Å². The SMILES string of the molecule is Cc1ccc(C2(N(C)C3CNC3)CC2)cc1. The lowest BCUT2D eigenvalue weighted by molar-refractivity contribution is 0.111. The summed E-state index contributed by atoms with van der Waals surface area (Å²) in [5.41, 5.74) is 3.22. The Kier molecular flexibility index (Phi) is 2.30. The second-order valence-electron chi connectivity index (χ2n) is 5.32. The van der Waals surface area contributed by atoms with Gasteiger partial charge in [-0.1, -0.05) is 29.8 Å². The highest BCUT2D eigenvalue weighted by Gasteiger charge is 2.50. The average Bonchev–Trinajstić information content (AvgIpc) is 2.97. The smallest absolute Gasteiger partial charge is 0.0463 e. The summed E-state index contributed by atoms with van der Waals surface area (Å²) >= 11 is 0. The van der Waals surface area contributed by atoms with Crippen molar-refractivity contribution in [3.8, 4) is 0 Å². The first kappa shape index (κ1) is 10.3. The maximum Gasteiger partial charge on any atom is 0.0463 e. The highest BCUT2D eigenvalue weighted by Crippen LogP contribution is 2.51. The minimum atomic E-state index is 0.362. The van der Waals surface area contributed by atoms with Gasteiger partial charge in [0, 0.05) is 24.7 Å². The molecule has 0 unspecified atom stereocenters. The fraction of sp³-hybridized carbons (Fsp3) is 0.571. The molecule has 1 saturated heterocycles. The standard InChI is InChI=1S/C14H20N2/c1-11-3-5-12(6-4-11)14(7-8-14)16(2)13-9-15-10-13/h3-6,13,15H,7-10H2,1-2H3. The van der Waals surface area contributed by atoms with Gasteiger partial charge in [0.2, 0.25) is 0 Å². The first-order valence-corrected chi connectivity index (χ1v) is 6.23. The Hall–Kier alpha value is -0.860. The highest BCUT2D eigenvalue weighted by molar-refractivity contribution is 5.33. The molecule has 2 aliphatic rings. The fourth-order valence-electron chi connectivity index (χ4n) is 2.72. The van der Waals surface area contributed by atoms with E-state index in [1.54, 1.807) is 0 Å². The summed E-state index contributed by atoms with van der Waals surface area (Å²) in [6, 6.07) is 9.84. The van der Waals surface area contributed by atoms with Crippen molar-refractivity contribution in [3.05, 3.63) is 35.4 Å². The number of hydrogen-bond donors (Lipinski definition) is 1. The van der Waals surface area contributed by atoms with Crippen LogP contribution in [0.4, 0.5) is 0 Å². The molecular formula is C14H20N2. The molecule has 2 nitrogen and oxygen atoms in total. The van der Waals surface area contributed by atoms with Crippen LogP contribution in [0, 0.1) is 6.92 Å². The minimum absolute atomic E-state index is 0.362. The van der Waals surface area contributed by atoms with E-state index in [9.17, 15) is 0 Å². The summed E-state index contributed by atoms with van der Waals surface area (Å²) in [7, 11) is 2.29. The Balaban J connectivity index is 1.84. The molecule has 2 heteroatoms. The Bertz CT molecular complexity index is 374. The molecule has 1 N–H and O–H groups in total. The van der Waals surface area contributed by atoms with Gasteiger partial charge in [-0.15, -0.1) is 0 Å². The molecule has 0 spiro atoms. The van der Waals surface area contributed by atoms with Gasteiger partial charge in [-0.2, -0.15) is 0 Å². The average molecular weight is 216 g/mol. The molecule has 0 bridgehead atoms. The second-order valence-corrected chi connectivity index (χ2v) is 5.32. The van der Waals surface area contributed by atoms with E-state index in [1.165, 1.54) is 24.0 Å². The van der Waals surface area contributed by atoms with Crippen LogP contribution in [0.25, 0.3) is 0 Å². The van der Waals surface area contributed by atoms with Crippen molar-refractivity contribution in [2.24, 2.45) is 0 Å². The van der Waals surface area contributed by atoms with Crippen LogP contribution >= 0.6 is 0 Å². The molecule has 0 atom stereocenters. The van der Waals surface area contributed by atoms with Crippen LogP contribution in [0.15, 0.2) is 24.3 Å². The zero-order valence-electron chi connectivity index (χ0n) is 10.2. The van der Waals surface area contributed by atoms with E-state index < -0.39 is 0 Å². The summed E-state index contributed by atoms with van der Waals surface area (Å²) < 4.78 is 0. The van der Waals surface area contributed by atoms with Crippen LogP contribution in [0.1, 0.15) is 24.0 Å². The van der Waals surface area contributed by atoms with Crippen molar-refractivity contribution in [3.63, 3.8) is 0 Å². The number of benzene rings is 1. The van der Waals surface area contributed by atoms with Gasteiger partial charge in [0.15, 0.2) is 0 Å². The summed E-state index contributed by atoms with van der Waals surface area (Å²) in [6.45, 7) is 4.47. The molecule has 0 aromatic heterocycles. The third-order valence-corrected chi connectivity index (χ3v) is 4.30. The second kappa shape index (κ2) is 3.57. The van der Waals surface area contributed by atoms with Gasteiger partial charge >= 0.3 is 0 Å². The minimum Gasteiger partial charge on any atom is -0.314 e. The topological polar surface area (TPSA) is 15.3 Å². The van der Waals surface area contributed by atoms with Crippen LogP contribution in [-0.4, -0.2) is 31.1 Å². The van der Waals surface area contributed by atoms with Crippen LogP contribution in [0.2, 0.25) is 0 Å². The summed E-state index contributed by atoms with van der Waals surface area (Å²) in [4.78, 5) is 2.59. The predicted octanol–water partition coefficient (Wildman–Crippen LogP) is 1.89. The Labute approximate surface area is 97.6 Å². The number of nitrogens with zero attached hydrogens (tertiary/aromatic N) is 1. The molecule has 0 amide bonds. The molecule has 1 aromatic rings. The quantitative estimate of drug-likeness (QED) is 0.830. The molecule has 86 valence electrons. The van der Waals surface area contributed by atoms with Gasteiger partial charge in [0.1, 0.15) is 0 Å². The third kappa shape index (κ3) is 1.48. The molecule has 16 heavy (non-hydrogen) atoms. The maximum atomic E-state index is 3.36. The number of nitrogens with one attached hydrogen (secondary N) is 1. The van der Waals surface area contributed by atoms with E-state index in [0.717, 1.165) is 19.1 Å². The van der Waals surface area contributed by atoms with Crippen LogP contribution in [0.5, 0.6) is 0 Å². The van der Waals surface area contributed by atoms with Crippen molar-refractivity contribution in [2.75, 3.05) is 20.1 Å². The van der Waals surface area contributed by atoms with E-state index in [4.69, 9.17) is 0 Å². The summed E-state index contributed by atoms with van der Waals surface area (Å²) in [6.07, 6.45) is 2.64. The Morgan fingerprint density at radius 1 is 1.19 bits per heavy atom. The first-order chi connectivity index (χ1) is 7.72. The lowest BCUT2D eigenvalue weighted by atomic mass is 9.98. The monoisotopic (exact) mass is 216 g/mol. The van der Waals surface area contributed by atoms with E-state index in [1.807, 2.05) is 0 Å². The third-order valence-electron chi connectivity index (χ3n) is 4.30. The van der Waals surface area contributed by atoms with Crippen LogP contribution in [-0.2, 0) is 5.54 Å². The molecule has 1 aromatic carbocycles. The molecule has 1 aliphatic carbocycles. The van der Waals surface area contributed by atoms with Crippen molar-refractivity contribution >= 4 is 0 Å². The van der Waals surface area contributed by atoms with Crippen molar-refractivity contribution < 1.29 is 0 Å². The maximum absolute atomic E-state index is 3.36. The molecular weight excluding hydrogens is 196 g/mol. The molecule has 0 radical (unpaired) electrons. The van der Waals surface area contributed by atoms with Crippen molar-refractivity contribution in [1.82, 2.24) is 10.2 Å². The van der Waals surface area contributed by atoms with Gasteiger partial charge in [-0.25, -0.2) is 0 Å². The molecule has 2 fully saturated rings. The zero-order valence-corrected chi connectivity index (χ0v) is 10.2. The van der Waals surface area contributed by atoms with E-state index in [2.05, 4.69) is 48.5 Å². The van der Waals surface area contributed by atoms with Crippen LogP contribution in [0.3, 0.4) is 0 Å². The number of rotatable bonds is 3. The molecule has 1 aliphatic heterocycles. The van der Waals surface area contributed by atoms with E-state index in [-0.39, 0.29) is 0 Å². The lowest BCUT2D eigenvalue weighted by Gasteiger charge is -2.41. The van der Waals surface area contributed by atoms with Crippen LogP contribution < -0.4 is 5.32 Å². The predicted molar refractivity (Wildman–Crippen MR) is 66.5 cm³/mol. The van der Waals surface area contributed by atoms with E-state index >= 15 is 0 Å². The Morgan fingerprint density at radius 2 is 1.81 bits per heavy atom. The summed E-state index contributed by atoms with van der Waals surface area (Å²) in [5, 5.41) is 3.36. The van der Waals surface area contributed by atoms with Gasteiger partial charge < -0.3 is 5.32 Å². The number of aryl methyl sites for hydroxylation is 1. The van der Waals surface area contributed by atoms with Gasteiger partial charge in [0.25, 0.3) is 0 Å². The number of hydrogen-bond acceptors (Lipinski definition) is 2. The van der Waals surface area contributed by atoms with Crippen molar-refractivity contribution in [2.45, 2.75) is 31.3 Å². The van der Waals surface area contributed by atoms with Gasteiger partial charge in [-0.05, 0) is 32.4 Å². The van der Waals surface area contributed by atoms with Gasteiger partial charge in [0.05, 0.1) is 0 Å². The first-order valence-electron chi connectivity index (χ1n) is 6.23. The molecule has 3 rings (SSSR count). The fourth-order valence-corrected chi connectivity index (χ4v) is 2.72. The lowest BCUT2D eigenvalue weighted by Crippen LogP contribution is -2.58. The Morgan fingerprint density at radius 3 is 2.25 bits per heavy atom. The zero-order chi connectivity index (χ0) is 11.2. The van der Waals surface area contributed by atoms with Crippen molar-refractivity contribution in [1.29, 1.82) is 0 Å². The molecule has 1 saturated carbocycles. The largest absolute Gasteiger partial charge is 0.314 e. The number of likely N-dealkylation sites (N-methyl/N-ethyl adjacent to an activating group) is 1.